The van der Waals surface area contributed by atoms with Gasteiger partial charge in [0.15, 0.2) is 0 Å². The van der Waals surface area contributed by atoms with E-state index >= 15 is 0 Å². The molecule has 0 bridgehead atoms. The Morgan fingerprint density at radius 2 is 1.48 bits per heavy atom. The number of carbonyl (C=O) groups excluding carboxylic acids is 1. The number of nitrogens with one attached hydrogen (secondary N) is 2. The van der Waals surface area contributed by atoms with Crippen LogP contribution < -0.4 is 10.6 Å². The largest absolute Gasteiger partial charge is 0.498 e. The van der Waals surface area contributed by atoms with Crippen LogP contribution in [0, 0.1) is 0 Å². The maximum atomic E-state index is 10.9. The Hall–Kier alpha value is -2.81. The van der Waals surface area contributed by atoms with Crippen LogP contribution in [0.2, 0.25) is 0 Å². The molecule has 2 N–H and O–H groups in total. The fourth-order valence-electron chi connectivity index (χ4n) is 2.70. The molecular formula is C23H32N2O6. The standard InChI is InChI=1S/C23H32N2O6/c1-24-18-31-30-14-12-28-17-22-9-5-20(6-10-22)15-19-3-7-21(8-4-19)16-27-11-13-29-23(26)25-2/h3-7,9,16-17,24H,8,10-15,18H2,1-2H3,(H,25,26). The summed E-state index contributed by atoms with van der Waals surface area (Å²) in [6.07, 6.45) is 18.4. The maximum Gasteiger partial charge on any atom is 0.406 e. The van der Waals surface area contributed by atoms with E-state index in [9.17, 15) is 4.79 Å². The maximum absolute atomic E-state index is 10.9. The molecule has 1 amide bonds. The van der Waals surface area contributed by atoms with E-state index in [1.807, 2.05) is 0 Å². The zero-order valence-electron chi connectivity index (χ0n) is 18.2. The normalized spacial score (nSPS) is 18.0. The molecule has 0 unspecified atom stereocenters. The first-order chi connectivity index (χ1) is 15.2. The van der Waals surface area contributed by atoms with E-state index in [0.717, 1.165) is 30.4 Å². The fraction of sp³-hybridized carbons (Fsp3) is 0.435. The average molecular weight is 433 g/mol. The van der Waals surface area contributed by atoms with Gasteiger partial charge in [0.1, 0.15) is 33.2 Å². The van der Waals surface area contributed by atoms with Gasteiger partial charge in [-0.05, 0) is 48.6 Å². The molecule has 0 heterocycles. The van der Waals surface area contributed by atoms with E-state index in [1.54, 1.807) is 19.6 Å². The smallest absolute Gasteiger partial charge is 0.406 e. The number of hydrogen-bond acceptors (Lipinski definition) is 7. The fourth-order valence-corrected chi connectivity index (χ4v) is 2.70. The summed E-state index contributed by atoms with van der Waals surface area (Å²) < 4.78 is 15.8. The average Bonchev–Trinajstić information content (AvgIpc) is 2.80. The first-order valence-electron chi connectivity index (χ1n) is 10.3. The molecule has 0 radical (unpaired) electrons. The predicted octanol–water partition coefficient (Wildman–Crippen LogP) is 3.43. The summed E-state index contributed by atoms with van der Waals surface area (Å²) in [5.41, 5.74) is 4.76. The zero-order valence-corrected chi connectivity index (χ0v) is 18.2. The van der Waals surface area contributed by atoms with Crippen LogP contribution in [0.25, 0.3) is 0 Å². The van der Waals surface area contributed by atoms with Crippen LogP contribution in [0.15, 0.2) is 71.3 Å². The van der Waals surface area contributed by atoms with Crippen molar-refractivity contribution < 1.29 is 28.8 Å². The first kappa shape index (κ1) is 24.5. The Bertz CT molecular complexity index is 749. The first-order valence-corrected chi connectivity index (χ1v) is 10.3. The van der Waals surface area contributed by atoms with Crippen LogP contribution in [0.3, 0.4) is 0 Å². The van der Waals surface area contributed by atoms with Crippen molar-refractivity contribution in [2.75, 3.05) is 47.3 Å². The molecule has 0 aliphatic heterocycles. The van der Waals surface area contributed by atoms with Crippen LogP contribution in [-0.2, 0) is 24.0 Å². The second-order valence-electron chi connectivity index (χ2n) is 6.76. The highest BCUT2D eigenvalue weighted by molar-refractivity contribution is 5.66. The van der Waals surface area contributed by atoms with Gasteiger partial charge in [-0.3, -0.25) is 5.32 Å². The van der Waals surface area contributed by atoms with Gasteiger partial charge in [-0.15, -0.1) is 0 Å². The summed E-state index contributed by atoms with van der Waals surface area (Å²) in [5, 5.41) is 5.20. The molecule has 31 heavy (non-hydrogen) atoms. The van der Waals surface area contributed by atoms with Crippen molar-refractivity contribution in [3.8, 4) is 0 Å². The Morgan fingerprint density at radius 1 is 0.871 bits per heavy atom. The molecule has 0 spiro atoms. The molecule has 0 fully saturated rings. The van der Waals surface area contributed by atoms with Gasteiger partial charge in [-0.1, -0.05) is 36.5 Å². The van der Waals surface area contributed by atoms with Crippen molar-refractivity contribution in [2.24, 2.45) is 0 Å². The minimum atomic E-state index is -0.456. The van der Waals surface area contributed by atoms with E-state index in [0.29, 0.717) is 26.6 Å². The van der Waals surface area contributed by atoms with Crippen molar-refractivity contribution in [3.05, 3.63) is 71.3 Å². The number of ether oxygens (including phenoxy) is 3. The Labute approximate surface area is 183 Å². The highest BCUT2D eigenvalue weighted by Gasteiger charge is 2.07. The molecule has 0 aromatic carbocycles. The molecule has 0 aromatic heterocycles. The number of carbonyl (C=O) groups is 1. The van der Waals surface area contributed by atoms with E-state index in [2.05, 4.69) is 47.1 Å². The van der Waals surface area contributed by atoms with E-state index in [4.69, 9.17) is 24.0 Å². The Kier molecular flexibility index (Phi) is 11.9. The summed E-state index contributed by atoms with van der Waals surface area (Å²) in [4.78, 5) is 20.7. The summed E-state index contributed by atoms with van der Waals surface area (Å²) in [5.74, 6) is 0. The molecule has 8 nitrogen and oxygen atoms in total. The van der Waals surface area contributed by atoms with E-state index in [1.165, 1.54) is 18.2 Å². The molecule has 0 saturated carbocycles. The van der Waals surface area contributed by atoms with Crippen LogP contribution in [-0.4, -0.2) is 53.3 Å². The van der Waals surface area contributed by atoms with Gasteiger partial charge in [0.05, 0.1) is 12.5 Å². The molecule has 170 valence electrons. The number of alkyl carbamates (subject to hydrolysis) is 1. The number of hydrogen-bond donors (Lipinski definition) is 2. The van der Waals surface area contributed by atoms with Crippen LogP contribution >= 0.6 is 0 Å². The quantitative estimate of drug-likeness (QED) is 0.152. The molecule has 2 rings (SSSR count). The van der Waals surface area contributed by atoms with Crippen molar-refractivity contribution in [2.45, 2.75) is 19.3 Å². The van der Waals surface area contributed by atoms with Crippen molar-refractivity contribution in [1.29, 1.82) is 0 Å². The van der Waals surface area contributed by atoms with Gasteiger partial charge in [0.25, 0.3) is 0 Å². The highest BCUT2D eigenvalue weighted by Crippen LogP contribution is 2.25. The van der Waals surface area contributed by atoms with Gasteiger partial charge in [-0.25, -0.2) is 14.6 Å². The predicted molar refractivity (Wildman–Crippen MR) is 118 cm³/mol. The zero-order chi connectivity index (χ0) is 22.2. The molecule has 2 aliphatic rings. The van der Waals surface area contributed by atoms with Crippen LogP contribution in [0.4, 0.5) is 4.79 Å². The van der Waals surface area contributed by atoms with Gasteiger partial charge in [0.2, 0.25) is 0 Å². The van der Waals surface area contributed by atoms with Crippen molar-refractivity contribution in [1.82, 2.24) is 10.6 Å². The lowest BCUT2D eigenvalue weighted by molar-refractivity contribution is -0.301. The van der Waals surface area contributed by atoms with Crippen LogP contribution in [0.1, 0.15) is 19.3 Å². The van der Waals surface area contributed by atoms with E-state index < -0.39 is 6.09 Å². The molecule has 0 atom stereocenters. The van der Waals surface area contributed by atoms with E-state index in [-0.39, 0.29) is 6.61 Å². The third kappa shape index (κ3) is 10.7. The Balaban J connectivity index is 1.62. The number of rotatable bonds is 13. The number of amides is 1. The summed E-state index contributed by atoms with van der Waals surface area (Å²) in [7, 11) is 3.30. The lowest BCUT2D eigenvalue weighted by Gasteiger charge is -2.13. The van der Waals surface area contributed by atoms with Crippen LogP contribution in [0.5, 0.6) is 0 Å². The van der Waals surface area contributed by atoms with Gasteiger partial charge >= 0.3 is 6.09 Å². The minimum Gasteiger partial charge on any atom is -0.498 e. The molecule has 8 heteroatoms. The Morgan fingerprint density at radius 3 is 2.00 bits per heavy atom. The monoisotopic (exact) mass is 432 g/mol. The second-order valence-corrected chi connectivity index (χ2v) is 6.76. The number of allylic oxidation sites excluding steroid dienone is 10. The molecule has 0 aromatic rings. The SMILES string of the molecule is CNCOOCCOC=C1C=CC(CC2=CCC(=COCCOC(=O)NC)C=C2)=CC1. The minimum absolute atomic E-state index is 0.217. The second kappa shape index (κ2) is 15.1. The lowest BCUT2D eigenvalue weighted by atomic mass is 9.94. The van der Waals surface area contributed by atoms with Gasteiger partial charge < -0.3 is 19.5 Å². The summed E-state index contributed by atoms with van der Waals surface area (Å²) in [6, 6.07) is 0. The van der Waals surface area contributed by atoms with Crippen molar-refractivity contribution >= 4 is 6.09 Å². The summed E-state index contributed by atoms with van der Waals surface area (Å²) >= 11 is 0. The highest BCUT2D eigenvalue weighted by atomic mass is 17.2. The third-order valence-corrected chi connectivity index (χ3v) is 4.31. The third-order valence-electron chi connectivity index (χ3n) is 4.31. The van der Waals surface area contributed by atoms with Gasteiger partial charge in [0, 0.05) is 7.05 Å². The summed E-state index contributed by atoms with van der Waals surface area (Å²) in [6.45, 7) is 1.72. The molecular weight excluding hydrogens is 400 g/mol. The lowest BCUT2D eigenvalue weighted by Crippen LogP contribution is -2.20. The van der Waals surface area contributed by atoms with Gasteiger partial charge in [-0.2, -0.15) is 0 Å². The molecule has 2 aliphatic carbocycles. The van der Waals surface area contributed by atoms with Crippen molar-refractivity contribution in [3.63, 3.8) is 0 Å². The topological polar surface area (TPSA) is 87.3 Å². The molecule has 0 saturated heterocycles.